The van der Waals surface area contributed by atoms with Crippen LogP contribution in [0.25, 0.3) is 22.0 Å². The Morgan fingerprint density at radius 2 is 1.87 bits per heavy atom. The molecule has 0 unspecified atom stereocenters. The van der Waals surface area contributed by atoms with Gasteiger partial charge in [-0.3, -0.25) is 4.68 Å². The molecule has 2 aromatic carbocycles. The van der Waals surface area contributed by atoms with E-state index in [1.54, 1.807) is 7.11 Å². The van der Waals surface area contributed by atoms with Gasteiger partial charge in [-0.25, -0.2) is 4.98 Å². The van der Waals surface area contributed by atoms with E-state index in [0.717, 1.165) is 71.3 Å². The van der Waals surface area contributed by atoms with Gasteiger partial charge in [0.25, 0.3) is 0 Å². The number of nitrogens with one attached hydrogen (secondary N) is 1. The lowest BCUT2D eigenvalue weighted by Gasteiger charge is -2.30. The minimum atomic E-state index is 0.728. The summed E-state index contributed by atoms with van der Waals surface area (Å²) in [5.41, 5.74) is 5.28. The smallest absolute Gasteiger partial charge is 0.165 e. The molecule has 1 aliphatic rings. The van der Waals surface area contributed by atoms with Crippen molar-refractivity contribution >= 4 is 28.1 Å². The number of nitrogens with zero attached hydrogens (tertiary/aromatic N) is 4. The van der Waals surface area contributed by atoms with Gasteiger partial charge in [0.15, 0.2) is 5.75 Å². The van der Waals surface area contributed by atoms with Crippen LogP contribution in [0.5, 0.6) is 5.75 Å². The highest BCUT2D eigenvalue weighted by atomic mass is 16.5. The summed E-state index contributed by atoms with van der Waals surface area (Å²) >= 11 is 0. The van der Waals surface area contributed by atoms with Gasteiger partial charge in [0.1, 0.15) is 5.82 Å². The highest BCUT2D eigenvalue weighted by molar-refractivity contribution is 5.85. The fraction of sp³-hybridized carbons (Fsp3) is 0.250. The maximum atomic E-state index is 5.79. The van der Waals surface area contributed by atoms with Crippen molar-refractivity contribution in [3.05, 3.63) is 60.9 Å². The zero-order valence-electron chi connectivity index (χ0n) is 17.7. The average molecular weight is 415 g/mol. The summed E-state index contributed by atoms with van der Waals surface area (Å²) < 4.78 is 13.2. The van der Waals surface area contributed by atoms with Crippen molar-refractivity contribution in [3.63, 3.8) is 0 Å². The standard InChI is InChI=1S/C24H25N5O2/c1-28-21-7-6-17(14-19(21)16-26-28)18-8-9-25-23(15-18)27-20-4-3-5-22(24(20)30-2)29-10-12-31-13-11-29/h3-9,14-16H,10-13H2,1-2H3,(H,25,27). The highest BCUT2D eigenvalue weighted by Crippen LogP contribution is 2.37. The van der Waals surface area contributed by atoms with Gasteiger partial charge in [-0.1, -0.05) is 12.1 Å². The second kappa shape index (κ2) is 8.28. The second-order valence-corrected chi connectivity index (χ2v) is 7.55. The second-order valence-electron chi connectivity index (χ2n) is 7.55. The number of methoxy groups -OCH3 is 1. The van der Waals surface area contributed by atoms with E-state index in [4.69, 9.17) is 9.47 Å². The molecule has 1 aliphatic heterocycles. The van der Waals surface area contributed by atoms with E-state index in [1.807, 2.05) is 42.3 Å². The number of para-hydroxylation sites is 1. The Kier molecular flexibility index (Phi) is 5.18. The maximum Gasteiger partial charge on any atom is 0.165 e. The first-order valence-electron chi connectivity index (χ1n) is 10.4. The Labute approximate surface area is 181 Å². The molecule has 1 saturated heterocycles. The monoisotopic (exact) mass is 415 g/mol. The molecule has 0 radical (unpaired) electrons. The van der Waals surface area contributed by atoms with Gasteiger partial charge in [-0.05, 0) is 47.5 Å². The molecule has 2 aromatic heterocycles. The third-order valence-electron chi connectivity index (χ3n) is 5.65. The number of pyridine rings is 1. The lowest BCUT2D eigenvalue weighted by molar-refractivity contribution is 0.122. The maximum absolute atomic E-state index is 5.79. The van der Waals surface area contributed by atoms with Gasteiger partial charge < -0.3 is 19.7 Å². The van der Waals surface area contributed by atoms with Crippen LogP contribution in [0.3, 0.4) is 0 Å². The molecule has 5 rings (SSSR count). The quantitative estimate of drug-likeness (QED) is 0.526. The largest absolute Gasteiger partial charge is 0.492 e. The highest BCUT2D eigenvalue weighted by Gasteiger charge is 2.18. The van der Waals surface area contributed by atoms with Crippen LogP contribution < -0.4 is 15.0 Å². The van der Waals surface area contributed by atoms with Crippen molar-refractivity contribution in [1.29, 1.82) is 0 Å². The van der Waals surface area contributed by atoms with Crippen molar-refractivity contribution in [2.24, 2.45) is 7.05 Å². The average Bonchev–Trinajstić information content (AvgIpc) is 3.20. The van der Waals surface area contributed by atoms with Gasteiger partial charge in [0.05, 0.1) is 43.4 Å². The van der Waals surface area contributed by atoms with Crippen LogP contribution in [-0.2, 0) is 11.8 Å². The molecule has 0 saturated carbocycles. The van der Waals surface area contributed by atoms with Crippen LogP contribution in [0.1, 0.15) is 0 Å². The normalized spacial score (nSPS) is 14.1. The molecule has 1 fully saturated rings. The topological polar surface area (TPSA) is 64.4 Å². The molecule has 0 aliphatic carbocycles. The molecule has 3 heterocycles. The Bertz CT molecular complexity index is 1210. The first-order valence-corrected chi connectivity index (χ1v) is 10.4. The third-order valence-corrected chi connectivity index (χ3v) is 5.65. The van der Waals surface area contributed by atoms with Crippen molar-refractivity contribution in [2.45, 2.75) is 0 Å². The Morgan fingerprint density at radius 1 is 1.03 bits per heavy atom. The summed E-state index contributed by atoms with van der Waals surface area (Å²) in [6, 6.07) is 16.6. The third kappa shape index (κ3) is 3.80. The lowest BCUT2D eigenvalue weighted by Crippen LogP contribution is -2.36. The van der Waals surface area contributed by atoms with Crippen LogP contribution in [0, 0.1) is 0 Å². The molecule has 31 heavy (non-hydrogen) atoms. The molecule has 1 N–H and O–H groups in total. The van der Waals surface area contributed by atoms with Crippen LogP contribution in [0.15, 0.2) is 60.9 Å². The number of anilines is 3. The van der Waals surface area contributed by atoms with E-state index >= 15 is 0 Å². The molecule has 158 valence electrons. The molecule has 7 nitrogen and oxygen atoms in total. The van der Waals surface area contributed by atoms with Gasteiger partial charge in [-0.2, -0.15) is 5.10 Å². The summed E-state index contributed by atoms with van der Waals surface area (Å²) in [5.74, 6) is 1.58. The number of fused-ring (bicyclic) bond motifs is 1. The molecule has 0 amide bonds. The van der Waals surface area contributed by atoms with Gasteiger partial charge >= 0.3 is 0 Å². The Morgan fingerprint density at radius 3 is 2.71 bits per heavy atom. The number of rotatable bonds is 5. The molecular weight excluding hydrogens is 390 g/mol. The number of morpholine rings is 1. The number of hydrogen-bond donors (Lipinski definition) is 1. The van der Waals surface area contributed by atoms with Crippen LogP contribution in [0.4, 0.5) is 17.2 Å². The van der Waals surface area contributed by atoms with Crippen molar-refractivity contribution < 1.29 is 9.47 Å². The van der Waals surface area contributed by atoms with E-state index in [2.05, 4.69) is 50.6 Å². The van der Waals surface area contributed by atoms with Crippen molar-refractivity contribution in [2.75, 3.05) is 43.6 Å². The zero-order chi connectivity index (χ0) is 21.2. The van der Waals surface area contributed by atoms with E-state index in [1.165, 1.54) is 0 Å². The van der Waals surface area contributed by atoms with Crippen molar-refractivity contribution in [1.82, 2.24) is 14.8 Å². The zero-order valence-corrected chi connectivity index (χ0v) is 17.7. The predicted molar refractivity (Wildman–Crippen MR) is 123 cm³/mol. The van der Waals surface area contributed by atoms with Gasteiger partial charge in [0.2, 0.25) is 0 Å². The van der Waals surface area contributed by atoms with E-state index in [9.17, 15) is 0 Å². The minimum Gasteiger partial charge on any atom is -0.492 e. The minimum absolute atomic E-state index is 0.728. The fourth-order valence-electron chi connectivity index (χ4n) is 4.05. The number of benzene rings is 2. The summed E-state index contributed by atoms with van der Waals surface area (Å²) in [5, 5.41) is 8.90. The SMILES string of the molecule is COc1c(Nc2cc(-c3ccc4c(cnn4C)c3)ccn2)cccc1N1CCOCC1. The molecular formula is C24H25N5O2. The van der Waals surface area contributed by atoms with Crippen LogP contribution >= 0.6 is 0 Å². The molecule has 0 atom stereocenters. The lowest BCUT2D eigenvalue weighted by atomic mass is 10.1. The molecule has 0 spiro atoms. The van der Waals surface area contributed by atoms with Crippen LogP contribution in [-0.4, -0.2) is 48.2 Å². The molecule has 7 heteroatoms. The number of aryl methyl sites for hydroxylation is 1. The Balaban J connectivity index is 1.45. The first-order chi connectivity index (χ1) is 15.2. The van der Waals surface area contributed by atoms with Gasteiger partial charge in [0, 0.05) is 31.7 Å². The first kappa shape index (κ1) is 19.4. The fourth-order valence-corrected chi connectivity index (χ4v) is 4.05. The molecule has 0 bridgehead atoms. The van der Waals surface area contributed by atoms with E-state index in [0.29, 0.717) is 0 Å². The summed E-state index contributed by atoms with van der Waals surface area (Å²) in [4.78, 5) is 6.82. The van der Waals surface area contributed by atoms with Crippen LogP contribution in [0.2, 0.25) is 0 Å². The number of ether oxygens (including phenoxy) is 2. The number of aromatic nitrogens is 3. The number of hydrogen-bond acceptors (Lipinski definition) is 6. The summed E-state index contributed by atoms with van der Waals surface area (Å²) in [6.07, 6.45) is 3.71. The summed E-state index contributed by atoms with van der Waals surface area (Å²) in [7, 11) is 3.66. The predicted octanol–water partition coefficient (Wildman–Crippen LogP) is 4.22. The van der Waals surface area contributed by atoms with Crippen molar-refractivity contribution in [3.8, 4) is 16.9 Å². The summed E-state index contributed by atoms with van der Waals surface area (Å²) in [6.45, 7) is 3.16. The molecule has 4 aromatic rings. The Hall–Kier alpha value is -3.58. The van der Waals surface area contributed by atoms with E-state index < -0.39 is 0 Å². The van der Waals surface area contributed by atoms with E-state index in [-0.39, 0.29) is 0 Å². The van der Waals surface area contributed by atoms with Gasteiger partial charge in [-0.15, -0.1) is 0 Å².